The summed E-state index contributed by atoms with van der Waals surface area (Å²) in [7, 11) is 1.48. The molecule has 0 aromatic heterocycles. The van der Waals surface area contributed by atoms with E-state index in [0.717, 1.165) is 0 Å². The molecule has 19 heavy (non-hydrogen) atoms. The van der Waals surface area contributed by atoms with Gasteiger partial charge >= 0.3 is 0 Å². The van der Waals surface area contributed by atoms with Crippen LogP contribution in [0.3, 0.4) is 0 Å². The highest BCUT2D eigenvalue weighted by Gasteiger charge is 2.28. The fourth-order valence-corrected chi connectivity index (χ4v) is 1.52. The number of nitrogens with one attached hydrogen (secondary N) is 1. The summed E-state index contributed by atoms with van der Waals surface area (Å²) in [5, 5.41) is 11.7. The zero-order valence-electron chi connectivity index (χ0n) is 11.3. The molecule has 2 unspecified atom stereocenters. The summed E-state index contributed by atoms with van der Waals surface area (Å²) in [5.74, 6) is 0.250. The Morgan fingerprint density at radius 3 is 2.63 bits per heavy atom. The molecule has 0 fully saturated rings. The molecular formula is C14H18N2O3. The van der Waals surface area contributed by atoms with E-state index in [4.69, 9.17) is 14.7 Å². The lowest BCUT2D eigenvalue weighted by Gasteiger charge is -2.24. The average Bonchev–Trinajstić information content (AvgIpc) is 2.40. The van der Waals surface area contributed by atoms with Crippen molar-refractivity contribution in [2.24, 2.45) is 0 Å². The van der Waals surface area contributed by atoms with Crippen molar-refractivity contribution in [3.8, 4) is 11.8 Å². The summed E-state index contributed by atoms with van der Waals surface area (Å²) in [6.45, 7) is 3.35. The Labute approximate surface area is 113 Å². The molecule has 0 saturated carbocycles. The molecule has 0 heterocycles. The first-order chi connectivity index (χ1) is 9.00. The average molecular weight is 262 g/mol. The largest absolute Gasteiger partial charge is 0.481 e. The number of benzene rings is 1. The van der Waals surface area contributed by atoms with Crippen LogP contribution in [0, 0.1) is 11.3 Å². The van der Waals surface area contributed by atoms with E-state index in [1.165, 1.54) is 7.11 Å². The molecule has 0 saturated heterocycles. The highest BCUT2D eigenvalue weighted by molar-refractivity contribution is 5.81. The zero-order valence-corrected chi connectivity index (χ0v) is 11.3. The van der Waals surface area contributed by atoms with Crippen molar-refractivity contribution in [1.29, 1.82) is 5.26 Å². The predicted octanol–water partition coefficient (Wildman–Crippen LogP) is 1.50. The summed E-state index contributed by atoms with van der Waals surface area (Å²) in [5.41, 5.74) is -1.06. The quantitative estimate of drug-likeness (QED) is 0.843. The van der Waals surface area contributed by atoms with Crippen LogP contribution in [0.2, 0.25) is 0 Å². The zero-order chi connectivity index (χ0) is 14.3. The Morgan fingerprint density at radius 2 is 2.11 bits per heavy atom. The van der Waals surface area contributed by atoms with E-state index in [9.17, 15) is 4.79 Å². The van der Waals surface area contributed by atoms with Crippen LogP contribution in [0.1, 0.15) is 13.8 Å². The number of carbonyl (C=O) groups is 1. The van der Waals surface area contributed by atoms with Gasteiger partial charge in [-0.05, 0) is 26.0 Å². The first kappa shape index (κ1) is 15.0. The third-order valence-corrected chi connectivity index (χ3v) is 2.50. The fraction of sp³-hybridized carbons (Fsp3) is 0.429. The molecule has 1 aromatic carbocycles. The number of ether oxygens (including phenoxy) is 2. The van der Waals surface area contributed by atoms with Gasteiger partial charge in [0.05, 0.1) is 12.7 Å². The third-order valence-electron chi connectivity index (χ3n) is 2.50. The molecule has 0 aliphatic carbocycles. The smallest absolute Gasteiger partial charge is 0.262 e. The van der Waals surface area contributed by atoms with Gasteiger partial charge in [-0.3, -0.25) is 4.79 Å². The SMILES string of the molecule is COCC(C)(C#N)NC(=O)C(C)Oc1ccccc1. The third kappa shape index (κ3) is 4.60. The van der Waals surface area contributed by atoms with Gasteiger partial charge < -0.3 is 14.8 Å². The molecule has 0 spiro atoms. The predicted molar refractivity (Wildman–Crippen MR) is 70.6 cm³/mol. The van der Waals surface area contributed by atoms with Gasteiger partial charge in [0.1, 0.15) is 11.3 Å². The molecule has 5 nitrogen and oxygen atoms in total. The van der Waals surface area contributed by atoms with Gasteiger partial charge in [0.2, 0.25) is 0 Å². The number of hydrogen-bond donors (Lipinski definition) is 1. The molecule has 0 bridgehead atoms. The molecule has 1 aromatic rings. The number of methoxy groups -OCH3 is 1. The highest BCUT2D eigenvalue weighted by Crippen LogP contribution is 2.11. The van der Waals surface area contributed by atoms with Gasteiger partial charge in [-0.1, -0.05) is 18.2 Å². The van der Waals surface area contributed by atoms with Crippen molar-refractivity contribution in [3.05, 3.63) is 30.3 Å². The maximum absolute atomic E-state index is 12.0. The van der Waals surface area contributed by atoms with Crippen LogP contribution in [0.5, 0.6) is 5.75 Å². The number of nitrogens with zero attached hydrogens (tertiary/aromatic N) is 1. The summed E-state index contributed by atoms with van der Waals surface area (Å²) >= 11 is 0. The molecule has 102 valence electrons. The maximum atomic E-state index is 12.0. The van der Waals surface area contributed by atoms with Crippen molar-refractivity contribution >= 4 is 5.91 Å². The van der Waals surface area contributed by atoms with Crippen LogP contribution < -0.4 is 10.1 Å². The van der Waals surface area contributed by atoms with Crippen LogP contribution in [0.4, 0.5) is 0 Å². The molecular weight excluding hydrogens is 244 g/mol. The van der Waals surface area contributed by atoms with E-state index in [1.54, 1.807) is 26.0 Å². The number of carbonyl (C=O) groups excluding carboxylic acids is 1. The molecule has 5 heteroatoms. The summed E-state index contributed by atoms with van der Waals surface area (Å²) in [6.07, 6.45) is -0.688. The lowest BCUT2D eigenvalue weighted by Crippen LogP contribution is -2.52. The molecule has 0 radical (unpaired) electrons. The van der Waals surface area contributed by atoms with E-state index in [2.05, 4.69) is 5.32 Å². The van der Waals surface area contributed by atoms with Gasteiger partial charge in [0, 0.05) is 7.11 Å². The van der Waals surface area contributed by atoms with Crippen molar-refractivity contribution in [2.75, 3.05) is 13.7 Å². The van der Waals surface area contributed by atoms with Gasteiger partial charge in [-0.2, -0.15) is 5.26 Å². The Kier molecular flexibility index (Phi) is 5.34. The highest BCUT2D eigenvalue weighted by atomic mass is 16.5. The van der Waals surface area contributed by atoms with Gasteiger partial charge in [0.25, 0.3) is 5.91 Å². The first-order valence-electron chi connectivity index (χ1n) is 5.94. The fourth-order valence-electron chi connectivity index (χ4n) is 1.52. The second kappa shape index (κ2) is 6.76. The Morgan fingerprint density at radius 1 is 1.47 bits per heavy atom. The molecule has 1 amide bonds. The maximum Gasteiger partial charge on any atom is 0.262 e. The molecule has 0 aliphatic heterocycles. The van der Waals surface area contributed by atoms with E-state index in [1.807, 2.05) is 24.3 Å². The Balaban J connectivity index is 2.60. The summed E-state index contributed by atoms with van der Waals surface area (Å²) in [4.78, 5) is 12.0. The Hall–Kier alpha value is -2.06. The van der Waals surface area contributed by atoms with Crippen molar-refractivity contribution in [3.63, 3.8) is 0 Å². The second-order valence-corrected chi connectivity index (χ2v) is 4.44. The lowest BCUT2D eigenvalue weighted by atomic mass is 10.1. The van der Waals surface area contributed by atoms with E-state index < -0.39 is 11.6 Å². The topological polar surface area (TPSA) is 71.3 Å². The summed E-state index contributed by atoms with van der Waals surface area (Å²) in [6, 6.07) is 11.1. The molecule has 2 atom stereocenters. The van der Waals surface area contributed by atoms with Crippen LogP contribution in [-0.2, 0) is 9.53 Å². The Bertz CT molecular complexity index is 456. The van der Waals surface area contributed by atoms with E-state index in [0.29, 0.717) is 5.75 Å². The van der Waals surface area contributed by atoms with Crippen LogP contribution in [-0.4, -0.2) is 31.3 Å². The lowest BCUT2D eigenvalue weighted by molar-refractivity contribution is -0.129. The number of nitriles is 1. The summed E-state index contributed by atoms with van der Waals surface area (Å²) < 4.78 is 10.4. The molecule has 1 N–H and O–H groups in total. The monoisotopic (exact) mass is 262 g/mol. The van der Waals surface area contributed by atoms with Crippen LogP contribution in [0.15, 0.2) is 30.3 Å². The normalized spacial score (nSPS) is 14.8. The van der Waals surface area contributed by atoms with Crippen LogP contribution in [0.25, 0.3) is 0 Å². The molecule has 0 aliphatic rings. The van der Waals surface area contributed by atoms with Crippen LogP contribution >= 0.6 is 0 Å². The van der Waals surface area contributed by atoms with Crippen molar-refractivity contribution < 1.29 is 14.3 Å². The van der Waals surface area contributed by atoms with Crippen molar-refractivity contribution in [2.45, 2.75) is 25.5 Å². The number of amides is 1. The van der Waals surface area contributed by atoms with E-state index in [-0.39, 0.29) is 12.5 Å². The van der Waals surface area contributed by atoms with Crippen molar-refractivity contribution in [1.82, 2.24) is 5.32 Å². The minimum absolute atomic E-state index is 0.118. The number of rotatable bonds is 6. The number of para-hydroxylation sites is 1. The van der Waals surface area contributed by atoms with Gasteiger partial charge in [-0.25, -0.2) is 0 Å². The minimum atomic E-state index is -1.06. The first-order valence-corrected chi connectivity index (χ1v) is 5.94. The second-order valence-electron chi connectivity index (χ2n) is 4.44. The standard InChI is InChI=1S/C14H18N2O3/c1-11(19-12-7-5-4-6-8-12)13(17)16-14(2,9-15)10-18-3/h4-8,11H,10H2,1-3H3,(H,16,17). The van der Waals surface area contributed by atoms with E-state index >= 15 is 0 Å². The van der Waals surface area contributed by atoms with Gasteiger partial charge in [0.15, 0.2) is 6.10 Å². The van der Waals surface area contributed by atoms with Gasteiger partial charge in [-0.15, -0.1) is 0 Å². The molecule has 1 rings (SSSR count). The minimum Gasteiger partial charge on any atom is -0.481 e. The number of hydrogen-bond acceptors (Lipinski definition) is 4.